The fourth-order valence-corrected chi connectivity index (χ4v) is 4.75. The molecule has 1 aromatic heterocycles. The van der Waals surface area contributed by atoms with Crippen molar-refractivity contribution in [2.45, 2.75) is 49.7 Å². The van der Waals surface area contributed by atoms with Crippen LogP contribution in [0.25, 0.3) is 0 Å². The van der Waals surface area contributed by atoms with Crippen LogP contribution in [0.15, 0.2) is 42.1 Å². The zero-order chi connectivity index (χ0) is 18.8. The number of rotatable bonds is 6. The third-order valence-corrected chi connectivity index (χ3v) is 6.18. The van der Waals surface area contributed by atoms with Gasteiger partial charge in [0.2, 0.25) is 0 Å². The second kappa shape index (κ2) is 7.68. The monoisotopic (exact) mass is 382 g/mol. The largest absolute Gasteiger partial charge is 0.302 e. The van der Waals surface area contributed by atoms with Crippen LogP contribution in [0, 0.1) is 0 Å². The Hall–Kier alpha value is -2.41. The third-order valence-electron chi connectivity index (χ3n) is 5.23. The summed E-state index contributed by atoms with van der Waals surface area (Å²) in [6.07, 6.45) is 7.85. The molecule has 1 aromatic carbocycles. The van der Waals surface area contributed by atoms with Crippen LogP contribution < -0.4 is 0 Å². The van der Waals surface area contributed by atoms with E-state index in [-0.39, 0.29) is 17.7 Å². The van der Waals surface area contributed by atoms with Gasteiger partial charge in [-0.2, -0.15) is 0 Å². The molecule has 0 unspecified atom stereocenters. The molecule has 1 aliphatic carbocycles. The van der Waals surface area contributed by atoms with E-state index in [4.69, 9.17) is 0 Å². The average molecular weight is 382 g/mol. The van der Waals surface area contributed by atoms with Gasteiger partial charge in [0.1, 0.15) is 5.82 Å². The number of carbonyl (C=O) groups is 2. The van der Waals surface area contributed by atoms with Crippen molar-refractivity contribution < 1.29 is 9.59 Å². The molecular formula is C20H22N4O2S. The molecule has 140 valence electrons. The average Bonchev–Trinajstić information content (AvgIpc) is 3.21. The first kappa shape index (κ1) is 18.0. The van der Waals surface area contributed by atoms with E-state index in [9.17, 15) is 9.59 Å². The van der Waals surface area contributed by atoms with Gasteiger partial charge in [0, 0.05) is 12.5 Å². The molecule has 0 spiro atoms. The van der Waals surface area contributed by atoms with Crippen LogP contribution in [-0.2, 0) is 6.54 Å². The lowest BCUT2D eigenvalue weighted by atomic mass is 9.89. The Kier molecular flexibility index (Phi) is 5.11. The maximum atomic E-state index is 12.5. The molecule has 1 saturated carbocycles. The highest BCUT2D eigenvalue weighted by atomic mass is 32.2. The summed E-state index contributed by atoms with van der Waals surface area (Å²) in [7, 11) is 0. The smallest absolute Gasteiger partial charge is 0.262 e. The third kappa shape index (κ3) is 3.32. The Bertz CT molecular complexity index is 851. The lowest BCUT2D eigenvalue weighted by molar-refractivity contribution is 0.0684. The molecule has 2 aliphatic rings. The van der Waals surface area contributed by atoms with Crippen molar-refractivity contribution in [2.75, 3.05) is 5.88 Å². The summed E-state index contributed by atoms with van der Waals surface area (Å²) in [5.74, 6) is 1.17. The summed E-state index contributed by atoms with van der Waals surface area (Å²) in [6, 6.07) is 6.94. The minimum absolute atomic E-state index is 0.228. The maximum absolute atomic E-state index is 12.5. The number of amides is 2. The first-order valence-electron chi connectivity index (χ1n) is 9.32. The number of hydrogen-bond acceptors (Lipinski definition) is 5. The highest BCUT2D eigenvalue weighted by Crippen LogP contribution is 2.34. The van der Waals surface area contributed by atoms with Crippen LogP contribution in [0.5, 0.6) is 0 Å². The molecule has 27 heavy (non-hydrogen) atoms. The number of thioether (sulfide) groups is 1. The number of hydrogen-bond donors (Lipinski definition) is 0. The van der Waals surface area contributed by atoms with Crippen LogP contribution in [0.4, 0.5) is 0 Å². The van der Waals surface area contributed by atoms with Crippen molar-refractivity contribution in [1.29, 1.82) is 0 Å². The van der Waals surface area contributed by atoms with E-state index in [1.807, 2.05) is 6.08 Å². The molecule has 1 fully saturated rings. The summed E-state index contributed by atoms with van der Waals surface area (Å²) in [4.78, 5) is 26.3. The fraction of sp³-hybridized carbons (Fsp3) is 0.400. The van der Waals surface area contributed by atoms with Crippen LogP contribution in [0.1, 0.15) is 64.6 Å². The number of fused-ring (bicyclic) bond motifs is 1. The topological polar surface area (TPSA) is 68.1 Å². The summed E-state index contributed by atoms with van der Waals surface area (Å²) in [5.41, 5.74) is 0.942. The molecule has 0 atom stereocenters. The van der Waals surface area contributed by atoms with E-state index >= 15 is 0 Å². The molecule has 0 radical (unpaired) electrons. The second-order valence-electron chi connectivity index (χ2n) is 6.93. The van der Waals surface area contributed by atoms with Crippen molar-refractivity contribution in [3.05, 3.63) is 53.9 Å². The summed E-state index contributed by atoms with van der Waals surface area (Å²) in [6.45, 7) is 4.48. The molecule has 6 nitrogen and oxygen atoms in total. The van der Waals surface area contributed by atoms with Gasteiger partial charge in [-0.05, 0) is 25.0 Å². The molecule has 0 N–H and O–H groups in total. The van der Waals surface area contributed by atoms with Gasteiger partial charge in [-0.25, -0.2) is 0 Å². The number of nitrogens with zero attached hydrogens (tertiary/aromatic N) is 4. The van der Waals surface area contributed by atoms with Crippen LogP contribution in [0.3, 0.4) is 0 Å². The number of benzene rings is 1. The highest BCUT2D eigenvalue weighted by Gasteiger charge is 2.35. The van der Waals surface area contributed by atoms with Gasteiger partial charge in [-0.3, -0.25) is 14.5 Å². The second-order valence-corrected chi connectivity index (χ2v) is 7.84. The number of carbonyl (C=O) groups excluding carboxylic acids is 2. The minimum atomic E-state index is -0.245. The van der Waals surface area contributed by atoms with E-state index in [1.165, 1.54) is 35.9 Å². The standard InChI is InChI=1S/C20H22N4O2S/c1-2-12-23-17(14-8-4-3-5-9-14)21-22-20(23)27-13-24-18(25)15-10-6-7-11-16(15)19(24)26/h2,6-7,10-11,14H,1,3-5,8-9,12-13H2. The molecule has 0 saturated heterocycles. The first-order valence-corrected chi connectivity index (χ1v) is 10.3. The molecule has 2 aromatic rings. The Balaban J connectivity index is 1.52. The lowest BCUT2D eigenvalue weighted by Crippen LogP contribution is -2.29. The van der Waals surface area contributed by atoms with Crippen molar-refractivity contribution >= 4 is 23.6 Å². The van der Waals surface area contributed by atoms with E-state index in [1.54, 1.807) is 24.3 Å². The molecule has 1 aliphatic heterocycles. The fourth-order valence-electron chi connectivity index (χ4n) is 3.85. The number of allylic oxidation sites excluding steroid dienone is 1. The Morgan fingerprint density at radius 3 is 2.37 bits per heavy atom. The SMILES string of the molecule is C=CCn1c(SCN2C(=O)c3ccccc3C2=O)nnc1C1CCCCC1. The van der Waals surface area contributed by atoms with Crippen LogP contribution in [0.2, 0.25) is 0 Å². The number of aromatic nitrogens is 3. The lowest BCUT2D eigenvalue weighted by Gasteiger charge is -2.21. The zero-order valence-electron chi connectivity index (χ0n) is 15.1. The van der Waals surface area contributed by atoms with E-state index in [0.717, 1.165) is 23.8 Å². The van der Waals surface area contributed by atoms with Gasteiger partial charge >= 0.3 is 0 Å². The predicted octanol–water partition coefficient (Wildman–Crippen LogP) is 3.86. The summed E-state index contributed by atoms with van der Waals surface area (Å²) >= 11 is 1.37. The summed E-state index contributed by atoms with van der Waals surface area (Å²) in [5, 5.41) is 9.51. The van der Waals surface area contributed by atoms with Crippen molar-refractivity contribution in [3.63, 3.8) is 0 Å². The van der Waals surface area contributed by atoms with Crippen molar-refractivity contribution in [2.24, 2.45) is 0 Å². The molecule has 0 bridgehead atoms. The molecule has 2 amide bonds. The highest BCUT2D eigenvalue weighted by molar-refractivity contribution is 7.99. The van der Waals surface area contributed by atoms with Crippen molar-refractivity contribution in [1.82, 2.24) is 19.7 Å². The minimum Gasteiger partial charge on any atom is -0.302 e. The van der Waals surface area contributed by atoms with Crippen LogP contribution >= 0.6 is 11.8 Å². The number of imide groups is 1. The Morgan fingerprint density at radius 2 is 1.74 bits per heavy atom. The molecule has 7 heteroatoms. The van der Waals surface area contributed by atoms with Gasteiger partial charge in [0.15, 0.2) is 5.16 Å². The Morgan fingerprint density at radius 1 is 1.07 bits per heavy atom. The van der Waals surface area contributed by atoms with E-state index in [2.05, 4.69) is 21.3 Å². The van der Waals surface area contributed by atoms with Gasteiger partial charge in [0.05, 0.1) is 17.0 Å². The quantitative estimate of drug-likeness (QED) is 0.431. The van der Waals surface area contributed by atoms with Gasteiger partial charge in [-0.1, -0.05) is 49.2 Å². The van der Waals surface area contributed by atoms with Crippen LogP contribution in [-0.4, -0.2) is 37.4 Å². The Labute approximate surface area is 162 Å². The first-order chi connectivity index (χ1) is 13.2. The maximum Gasteiger partial charge on any atom is 0.262 e. The van der Waals surface area contributed by atoms with Crippen molar-refractivity contribution in [3.8, 4) is 0 Å². The van der Waals surface area contributed by atoms with Gasteiger partial charge in [0.25, 0.3) is 11.8 Å². The van der Waals surface area contributed by atoms with Gasteiger partial charge in [-0.15, -0.1) is 16.8 Å². The van der Waals surface area contributed by atoms with E-state index < -0.39 is 0 Å². The zero-order valence-corrected chi connectivity index (χ0v) is 16.0. The van der Waals surface area contributed by atoms with E-state index in [0.29, 0.717) is 23.6 Å². The predicted molar refractivity (Wildman–Crippen MR) is 104 cm³/mol. The van der Waals surface area contributed by atoms with Gasteiger partial charge < -0.3 is 4.57 Å². The summed E-state index contributed by atoms with van der Waals surface area (Å²) < 4.78 is 2.08. The normalized spacial score (nSPS) is 17.4. The molecule has 4 rings (SSSR count). The molecule has 2 heterocycles. The molecular weight excluding hydrogens is 360 g/mol.